The molecule has 3 heterocycles. The van der Waals surface area contributed by atoms with Crippen LogP contribution < -0.4 is 0 Å². The van der Waals surface area contributed by atoms with E-state index < -0.39 is 0 Å². The molecule has 2 aromatic carbocycles. The van der Waals surface area contributed by atoms with Crippen LogP contribution in [0.3, 0.4) is 0 Å². The molecule has 35 heavy (non-hydrogen) atoms. The van der Waals surface area contributed by atoms with Crippen LogP contribution in [0.15, 0.2) is 73.3 Å². The van der Waals surface area contributed by atoms with Gasteiger partial charge in [0.05, 0.1) is 11.9 Å². The summed E-state index contributed by atoms with van der Waals surface area (Å²) in [5, 5.41) is 0. The van der Waals surface area contributed by atoms with Gasteiger partial charge in [0.15, 0.2) is 0 Å². The summed E-state index contributed by atoms with van der Waals surface area (Å²) in [6.45, 7) is 3.43. The highest BCUT2D eigenvalue weighted by Gasteiger charge is 2.41. The first-order valence-corrected chi connectivity index (χ1v) is 12.4. The van der Waals surface area contributed by atoms with E-state index in [0.29, 0.717) is 38.3 Å². The van der Waals surface area contributed by atoms with Crippen LogP contribution >= 0.6 is 0 Å². The highest BCUT2D eigenvalue weighted by Crippen LogP contribution is 2.31. The molecule has 5 rings (SSSR count). The fraction of sp³-hybridized carbons (Fsp3) is 0.393. The summed E-state index contributed by atoms with van der Waals surface area (Å²) in [7, 11) is 0. The molecule has 7 nitrogen and oxygen atoms in total. The lowest BCUT2D eigenvalue weighted by molar-refractivity contribution is -0.165. The van der Waals surface area contributed by atoms with Crippen molar-refractivity contribution in [1.82, 2.24) is 19.4 Å². The largest absolute Gasteiger partial charge is 0.363 e. The number of hydrogen-bond acceptors (Lipinski definition) is 4. The number of likely N-dealkylation sites (tertiary alicyclic amines) is 1. The van der Waals surface area contributed by atoms with Crippen molar-refractivity contribution in [3.05, 3.63) is 90.0 Å². The van der Waals surface area contributed by atoms with Gasteiger partial charge in [-0.05, 0) is 48.9 Å². The molecule has 182 valence electrons. The number of carbonyl (C=O) groups excluding carboxylic acids is 2. The van der Waals surface area contributed by atoms with Crippen LogP contribution in [-0.4, -0.2) is 69.6 Å². The van der Waals surface area contributed by atoms with Gasteiger partial charge in [-0.15, -0.1) is 0 Å². The van der Waals surface area contributed by atoms with Gasteiger partial charge in [0.25, 0.3) is 5.91 Å². The number of aromatic nitrogens is 2. The van der Waals surface area contributed by atoms with E-state index in [2.05, 4.69) is 17.1 Å². The van der Waals surface area contributed by atoms with Crippen LogP contribution in [0.1, 0.15) is 40.7 Å². The number of carbonyl (C=O) groups is 2. The number of hydrogen-bond donors (Lipinski definition) is 0. The van der Waals surface area contributed by atoms with Crippen LogP contribution in [-0.2, 0) is 22.5 Å². The van der Waals surface area contributed by atoms with Crippen LogP contribution in [0.25, 0.3) is 0 Å². The molecule has 1 atom stereocenters. The molecular formula is C28H32N4O3. The normalized spacial score (nSPS) is 20.7. The smallest absolute Gasteiger partial charge is 0.253 e. The number of imidazole rings is 1. The van der Waals surface area contributed by atoms with E-state index in [4.69, 9.17) is 4.74 Å². The Balaban J connectivity index is 1.21. The van der Waals surface area contributed by atoms with Crippen LogP contribution in [0.5, 0.6) is 0 Å². The topological polar surface area (TPSA) is 67.7 Å². The van der Waals surface area contributed by atoms with Crippen molar-refractivity contribution in [1.29, 1.82) is 0 Å². The average Bonchev–Trinajstić information content (AvgIpc) is 3.31. The van der Waals surface area contributed by atoms with Crippen molar-refractivity contribution in [2.24, 2.45) is 0 Å². The van der Waals surface area contributed by atoms with E-state index in [9.17, 15) is 9.59 Å². The monoisotopic (exact) mass is 472 g/mol. The zero-order chi connectivity index (χ0) is 24.1. The van der Waals surface area contributed by atoms with Crippen molar-refractivity contribution in [2.75, 3.05) is 32.8 Å². The minimum Gasteiger partial charge on any atom is -0.363 e. The third-order valence-corrected chi connectivity index (χ3v) is 7.13. The van der Waals surface area contributed by atoms with Crippen molar-refractivity contribution in [3.8, 4) is 0 Å². The first-order valence-electron chi connectivity index (χ1n) is 12.4. The Kier molecular flexibility index (Phi) is 6.95. The molecule has 2 aliphatic heterocycles. The number of ether oxygens (including phenoxy) is 1. The molecule has 0 N–H and O–H groups in total. The van der Waals surface area contributed by atoms with Gasteiger partial charge < -0.3 is 19.1 Å². The lowest BCUT2D eigenvalue weighted by Gasteiger charge is -2.42. The quantitative estimate of drug-likeness (QED) is 0.552. The van der Waals surface area contributed by atoms with Gasteiger partial charge in [0.1, 0.15) is 6.61 Å². The number of benzene rings is 2. The summed E-state index contributed by atoms with van der Waals surface area (Å²) >= 11 is 0. The Morgan fingerprint density at radius 1 is 1.03 bits per heavy atom. The molecule has 0 saturated carbocycles. The third kappa shape index (κ3) is 5.62. The van der Waals surface area contributed by atoms with Gasteiger partial charge in [0.2, 0.25) is 5.91 Å². The molecule has 1 spiro atoms. The van der Waals surface area contributed by atoms with Crippen molar-refractivity contribution in [2.45, 2.75) is 37.8 Å². The third-order valence-electron chi connectivity index (χ3n) is 7.13. The number of rotatable bonds is 6. The first kappa shape index (κ1) is 23.3. The maximum atomic E-state index is 13.4. The predicted octanol–water partition coefficient (Wildman–Crippen LogP) is 3.40. The molecule has 0 unspecified atom stereocenters. The van der Waals surface area contributed by atoms with E-state index in [1.54, 1.807) is 12.5 Å². The molecular weight excluding hydrogens is 440 g/mol. The summed E-state index contributed by atoms with van der Waals surface area (Å²) in [5.41, 5.74) is 2.64. The van der Waals surface area contributed by atoms with E-state index in [0.717, 1.165) is 31.2 Å². The van der Waals surface area contributed by atoms with Gasteiger partial charge in [-0.3, -0.25) is 9.59 Å². The van der Waals surface area contributed by atoms with Crippen LogP contribution in [0, 0.1) is 0 Å². The minimum atomic E-state index is -0.372. The second-order valence-corrected chi connectivity index (χ2v) is 9.60. The van der Waals surface area contributed by atoms with Crippen LogP contribution in [0.2, 0.25) is 0 Å². The lowest BCUT2D eigenvalue weighted by atomic mass is 9.92. The van der Waals surface area contributed by atoms with Gasteiger partial charge in [0, 0.05) is 50.7 Å². The zero-order valence-electron chi connectivity index (χ0n) is 20.0. The molecule has 2 amide bonds. The fourth-order valence-corrected chi connectivity index (χ4v) is 5.15. The summed E-state index contributed by atoms with van der Waals surface area (Å²) in [5.74, 6) is 0.112. The molecule has 0 radical (unpaired) electrons. The summed E-state index contributed by atoms with van der Waals surface area (Å²) in [6.07, 6.45) is 8.74. The van der Waals surface area contributed by atoms with Gasteiger partial charge in [-0.1, -0.05) is 42.5 Å². The maximum Gasteiger partial charge on any atom is 0.253 e. The van der Waals surface area contributed by atoms with Gasteiger partial charge in [-0.2, -0.15) is 0 Å². The Bertz CT molecular complexity index is 1150. The second-order valence-electron chi connectivity index (χ2n) is 9.60. The fourth-order valence-electron chi connectivity index (χ4n) is 5.15. The molecule has 3 aromatic rings. The zero-order valence-corrected chi connectivity index (χ0v) is 20.0. The molecule has 2 fully saturated rings. The summed E-state index contributed by atoms with van der Waals surface area (Å²) in [4.78, 5) is 33.9. The second kappa shape index (κ2) is 10.4. The predicted molar refractivity (Wildman–Crippen MR) is 133 cm³/mol. The Morgan fingerprint density at radius 2 is 1.89 bits per heavy atom. The Morgan fingerprint density at radius 3 is 2.71 bits per heavy atom. The maximum absolute atomic E-state index is 13.4. The lowest BCUT2D eigenvalue weighted by Crippen LogP contribution is -2.55. The molecule has 7 heteroatoms. The summed E-state index contributed by atoms with van der Waals surface area (Å²) < 4.78 is 8.15. The van der Waals surface area contributed by atoms with Crippen LogP contribution in [0.4, 0.5) is 0 Å². The summed E-state index contributed by atoms with van der Waals surface area (Å²) in [6, 6.07) is 18.1. The molecule has 0 bridgehead atoms. The van der Waals surface area contributed by atoms with Gasteiger partial charge in [-0.25, -0.2) is 4.98 Å². The first-order chi connectivity index (χ1) is 17.1. The Hall–Kier alpha value is -3.45. The van der Waals surface area contributed by atoms with E-state index in [1.807, 2.05) is 63.0 Å². The van der Waals surface area contributed by atoms with E-state index >= 15 is 0 Å². The molecule has 2 saturated heterocycles. The number of amides is 2. The molecule has 1 aromatic heterocycles. The van der Waals surface area contributed by atoms with Gasteiger partial charge >= 0.3 is 0 Å². The average molecular weight is 473 g/mol. The standard InChI is InChI=1S/C28H32N4O3/c33-26-20-35-28(21-32(26)15-10-23-6-2-1-3-7-23)11-5-14-31(16-12-28)27(34)25-9-4-8-24(18-25)19-30-17-13-29-22-30/h1-4,6-9,13,17-18,22H,5,10-12,14-16,19-21H2/t28-/m1/s1. The highest BCUT2D eigenvalue weighted by molar-refractivity contribution is 5.94. The van der Waals surface area contributed by atoms with Crippen molar-refractivity contribution in [3.63, 3.8) is 0 Å². The van der Waals surface area contributed by atoms with Crippen molar-refractivity contribution < 1.29 is 14.3 Å². The minimum absolute atomic E-state index is 0.0541. The number of morpholine rings is 1. The van der Waals surface area contributed by atoms with Crippen molar-refractivity contribution >= 4 is 11.8 Å². The molecule has 0 aliphatic carbocycles. The molecule has 2 aliphatic rings. The van der Waals surface area contributed by atoms with E-state index in [1.165, 1.54) is 5.56 Å². The SMILES string of the molecule is O=C1CO[C@@]2(CCCN(C(=O)c3cccc(Cn4ccnc4)c3)CC2)CN1CCc1ccccc1. The van der Waals surface area contributed by atoms with E-state index in [-0.39, 0.29) is 24.0 Å². The highest BCUT2D eigenvalue weighted by atomic mass is 16.5. The number of nitrogens with zero attached hydrogens (tertiary/aromatic N) is 4. The Labute approximate surface area is 206 Å².